The summed E-state index contributed by atoms with van der Waals surface area (Å²) in [6.45, 7) is 1.90. The molecule has 76 valence electrons. The van der Waals surface area contributed by atoms with E-state index in [1.807, 2.05) is 12.3 Å². The van der Waals surface area contributed by atoms with Crippen molar-refractivity contribution in [2.24, 2.45) is 5.73 Å². The van der Waals surface area contributed by atoms with Crippen LogP contribution in [0.15, 0.2) is 5.38 Å². The van der Waals surface area contributed by atoms with E-state index in [0.29, 0.717) is 5.69 Å². The summed E-state index contributed by atoms with van der Waals surface area (Å²) in [6.07, 6.45) is 3.74. The Labute approximate surface area is 87.3 Å². The molecule has 1 aliphatic carbocycles. The average molecular weight is 210 g/mol. The van der Waals surface area contributed by atoms with Gasteiger partial charge in [-0.1, -0.05) is 12.8 Å². The molecule has 1 saturated carbocycles. The standard InChI is InChI=1S/C10H14N2OS/c1-7-12-8(6-14-7)9(13)10(11)4-2-3-5-10/h6H,2-5,11H2,1H3. The minimum Gasteiger partial charge on any atom is -0.319 e. The van der Waals surface area contributed by atoms with Crippen LogP contribution in [0, 0.1) is 6.92 Å². The fourth-order valence-electron chi connectivity index (χ4n) is 1.96. The van der Waals surface area contributed by atoms with E-state index < -0.39 is 5.54 Å². The van der Waals surface area contributed by atoms with Crippen LogP contribution < -0.4 is 5.73 Å². The van der Waals surface area contributed by atoms with E-state index in [9.17, 15) is 4.79 Å². The van der Waals surface area contributed by atoms with Crippen molar-refractivity contribution in [1.29, 1.82) is 0 Å². The van der Waals surface area contributed by atoms with Gasteiger partial charge in [-0.2, -0.15) is 0 Å². The first-order chi connectivity index (χ1) is 6.62. The Morgan fingerprint density at radius 3 is 2.71 bits per heavy atom. The molecule has 14 heavy (non-hydrogen) atoms. The molecule has 1 heterocycles. The van der Waals surface area contributed by atoms with Gasteiger partial charge in [0.2, 0.25) is 5.78 Å². The number of ketones is 1. The van der Waals surface area contributed by atoms with Crippen molar-refractivity contribution in [2.75, 3.05) is 0 Å². The predicted octanol–water partition coefficient (Wildman–Crippen LogP) is 1.91. The topological polar surface area (TPSA) is 56.0 Å². The van der Waals surface area contributed by atoms with Crippen LogP contribution >= 0.6 is 11.3 Å². The minimum atomic E-state index is -0.624. The van der Waals surface area contributed by atoms with Crippen LogP contribution in [0.3, 0.4) is 0 Å². The molecular weight excluding hydrogens is 196 g/mol. The molecule has 1 aromatic heterocycles. The highest BCUT2D eigenvalue weighted by atomic mass is 32.1. The first-order valence-electron chi connectivity index (χ1n) is 4.88. The highest BCUT2D eigenvalue weighted by molar-refractivity contribution is 7.09. The number of hydrogen-bond donors (Lipinski definition) is 1. The Morgan fingerprint density at radius 1 is 1.57 bits per heavy atom. The molecule has 2 N–H and O–H groups in total. The Morgan fingerprint density at radius 2 is 2.21 bits per heavy atom. The first-order valence-corrected chi connectivity index (χ1v) is 5.76. The van der Waals surface area contributed by atoms with E-state index in [4.69, 9.17) is 5.73 Å². The summed E-state index contributed by atoms with van der Waals surface area (Å²) in [5.41, 5.74) is 5.99. The molecule has 0 saturated heterocycles. The summed E-state index contributed by atoms with van der Waals surface area (Å²) in [7, 11) is 0. The summed E-state index contributed by atoms with van der Waals surface area (Å²) in [5.74, 6) is 0.0272. The van der Waals surface area contributed by atoms with E-state index >= 15 is 0 Å². The molecule has 0 amide bonds. The first kappa shape index (κ1) is 9.80. The highest BCUT2D eigenvalue weighted by Crippen LogP contribution is 2.30. The maximum Gasteiger partial charge on any atom is 0.201 e. The van der Waals surface area contributed by atoms with Crippen molar-refractivity contribution in [3.63, 3.8) is 0 Å². The van der Waals surface area contributed by atoms with Crippen LogP contribution in [0.25, 0.3) is 0 Å². The summed E-state index contributed by atoms with van der Waals surface area (Å²) in [5, 5.41) is 2.74. The lowest BCUT2D eigenvalue weighted by atomic mass is 9.92. The molecule has 0 aliphatic heterocycles. The maximum absolute atomic E-state index is 12.0. The fourth-order valence-corrected chi connectivity index (χ4v) is 2.55. The molecule has 0 spiro atoms. The van der Waals surface area contributed by atoms with Crippen LogP contribution in [0.2, 0.25) is 0 Å². The fraction of sp³-hybridized carbons (Fsp3) is 0.600. The third kappa shape index (κ3) is 1.60. The Balaban J connectivity index is 2.23. The number of hydrogen-bond acceptors (Lipinski definition) is 4. The molecule has 1 aliphatic rings. The van der Waals surface area contributed by atoms with Crippen molar-refractivity contribution in [1.82, 2.24) is 4.98 Å². The quantitative estimate of drug-likeness (QED) is 0.758. The Hall–Kier alpha value is -0.740. The lowest BCUT2D eigenvalue weighted by Gasteiger charge is -2.19. The van der Waals surface area contributed by atoms with Crippen molar-refractivity contribution < 1.29 is 4.79 Å². The van der Waals surface area contributed by atoms with Crippen molar-refractivity contribution in [2.45, 2.75) is 38.1 Å². The minimum absolute atomic E-state index is 0.0272. The lowest BCUT2D eigenvalue weighted by Crippen LogP contribution is -2.45. The molecule has 3 nitrogen and oxygen atoms in total. The predicted molar refractivity (Wildman–Crippen MR) is 56.6 cm³/mol. The second kappa shape index (κ2) is 3.44. The van der Waals surface area contributed by atoms with E-state index in [-0.39, 0.29) is 5.78 Å². The number of aromatic nitrogens is 1. The van der Waals surface area contributed by atoms with Gasteiger partial charge in [0.15, 0.2) is 0 Å². The number of carbonyl (C=O) groups is 1. The smallest absolute Gasteiger partial charge is 0.201 e. The molecule has 1 aromatic rings. The average Bonchev–Trinajstić information content (AvgIpc) is 2.74. The van der Waals surface area contributed by atoms with E-state index in [1.165, 1.54) is 11.3 Å². The molecule has 0 atom stereocenters. The highest BCUT2D eigenvalue weighted by Gasteiger charge is 2.38. The molecular formula is C10H14N2OS. The molecule has 2 rings (SSSR count). The zero-order valence-electron chi connectivity index (χ0n) is 8.25. The van der Waals surface area contributed by atoms with Gasteiger partial charge >= 0.3 is 0 Å². The second-order valence-electron chi connectivity index (χ2n) is 3.94. The number of aryl methyl sites for hydroxylation is 1. The summed E-state index contributed by atoms with van der Waals surface area (Å²) in [4.78, 5) is 16.2. The normalized spacial score (nSPS) is 19.9. The van der Waals surface area contributed by atoms with Gasteiger partial charge in [-0.3, -0.25) is 4.79 Å². The largest absolute Gasteiger partial charge is 0.319 e. The van der Waals surface area contributed by atoms with E-state index in [2.05, 4.69) is 4.98 Å². The number of rotatable bonds is 2. The molecule has 0 unspecified atom stereocenters. The monoisotopic (exact) mass is 210 g/mol. The SMILES string of the molecule is Cc1nc(C(=O)C2(N)CCCC2)cs1. The van der Waals surface area contributed by atoms with Gasteiger partial charge in [0, 0.05) is 5.38 Å². The third-order valence-corrected chi connectivity index (χ3v) is 3.57. The number of nitrogens with two attached hydrogens (primary N) is 1. The second-order valence-corrected chi connectivity index (χ2v) is 5.01. The Bertz CT molecular complexity index is 353. The zero-order chi connectivity index (χ0) is 10.2. The van der Waals surface area contributed by atoms with Gasteiger partial charge in [0.05, 0.1) is 10.5 Å². The molecule has 4 heteroatoms. The third-order valence-electron chi connectivity index (χ3n) is 2.80. The number of carbonyl (C=O) groups excluding carboxylic acids is 1. The Kier molecular flexibility index (Phi) is 2.41. The van der Waals surface area contributed by atoms with Crippen molar-refractivity contribution in [3.05, 3.63) is 16.1 Å². The van der Waals surface area contributed by atoms with E-state index in [0.717, 1.165) is 30.7 Å². The van der Waals surface area contributed by atoms with Crippen LogP contribution in [0.1, 0.15) is 41.2 Å². The summed E-state index contributed by atoms with van der Waals surface area (Å²) < 4.78 is 0. The molecule has 0 aromatic carbocycles. The van der Waals surface area contributed by atoms with Crippen LogP contribution in [0.5, 0.6) is 0 Å². The number of Topliss-reactive ketones (excluding diaryl/α,β-unsaturated/α-hetero) is 1. The van der Waals surface area contributed by atoms with Gasteiger partial charge in [-0.05, 0) is 19.8 Å². The van der Waals surface area contributed by atoms with Crippen LogP contribution in [-0.4, -0.2) is 16.3 Å². The molecule has 0 bridgehead atoms. The van der Waals surface area contributed by atoms with Crippen LogP contribution in [0.4, 0.5) is 0 Å². The van der Waals surface area contributed by atoms with Crippen LogP contribution in [-0.2, 0) is 0 Å². The van der Waals surface area contributed by atoms with Gasteiger partial charge in [0.1, 0.15) is 5.69 Å². The maximum atomic E-state index is 12.0. The zero-order valence-corrected chi connectivity index (χ0v) is 9.06. The van der Waals surface area contributed by atoms with Gasteiger partial charge < -0.3 is 5.73 Å². The molecule has 1 fully saturated rings. The lowest BCUT2D eigenvalue weighted by molar-refractivity contribution is 0.0887. The van der Waals surface area contributed by atoms with Gasteiger partial charge in [-0.25, -0.2) is 4.98 Å². The summed E-state index contributed by atoms with van der Waals surface area (Å²) in [6, 6.07) is 0. The molecule has 0 radical (unpaired) electrons. The summed E-state index contributed by atoms with van der Waals surface area (Å²) >= 11 is 1.50. The van der Waals surface area contributed by atoms with E-state index in [1.54, 1.807) is 0 Å². The van der Waals surface area contributed by atoms with Gasteiger partial charge in [-0.15, -0.1) is 11.3 Å². The number of thiazole rings is 1. The van der Waals surface area contributed by atoms with Crippen molar-refractivity contribution in [3.8, 4) is 0 Å². The number of nitrogens with zero attached hydrogens (tertiary/aromatic N) is 1. The van der Waals surface area contributed by atoms with Crippen molar-refractivity contribution >= 4 is 17.1 Å². The van der Waals surface area contributed by atoms with Gasteiger partial charge in [0.25, 0.3) is 0 Å².